The Morgan fingerprint density at radius 2 is 2.36 bits per heavy atom. The fraction of sp³-hybridized carbons (Fsp3) is 0.625. The maximum atomic E-state index is 11.8. The lowest BCUT2D eigenvalue weighted by Gasteiger charge is -2.33. The maximum Gasteiger partial charge on any atom is 0.271 e. The summed E-state index contributed by atoms with van der Waals surface area (Å²) in [5.41, 5.74) is 3.62. The highest BCUT2D eigenvalue weighted by atomic mass is 16.2. The van der Waals surface area contributed by atoms with Gasteiger partial charge in [0.15, 0.2) is 5.82 Å². The Morgan fingerprint density at radius 1 is 1.57 bits per heavy atom. The van der Waals surface area contributed by atoms with E-state index in [1.807, 2.05) is 14.0 Å². The van der Waals surface area contributed by atoms with E-state index in [2.05, 4.69) is 15.8 Å². The van der Waals surface area contributed by atoms with Crippen molar-refractivity contribution in [2.45, 2.75) is 13.3 Å². The third kappa shape index (κ3) is 1.27. The van der Waals surface area contributed by atoms with Crippen LogP contribution in [0.3, 0.4) is 0 Å². The van der Waals surface area contributed by atoms with Gasteiger partial charge in [0, 0.05) is 13.6 Å². The largest absolute Gasteiger partial charge is 0.275 e. The van der Waals surface area contributed by atoms with Crippen molar-refractivity contribution < 1.29 is 4.79 Å². The molecule has 0 aromatic rings. The van der Waals surface area contributed by atoms with Gasteiger partial charge in [0.25, 0.3) is 5.91 Å². The molecule has 0 saturated heterocycles. The zero-order chi connectivity index (χ0) is 10.1. The number of carbonyl (C=O) groups is 1. The lowest BCUT2D eigenvalue weighted by molar-refractivity contribution is -0.136. The maximum absolute atomic E-state index is 11.8. The van der Waals surface area contributed by atoms with Crippen LogP contribution >= 0.6 is 0 Å². The van der Waals surface area contributed by atoms with Crippen LogP contribution in [0.2, 0.25) is 0 Å². The Balaban J connectivity index is 2.23. The molecule has 76 valence electrons. The molecular formula is C8H13N5O. The normalized spacial score (nSPS) is 20.9. The molecule has 6 nitrogen and oxygen atoms in total. The first-order chi connectivity index (χ1) is 6.74. The van der Waals surface area contributed by atoms with E-state index in [4.69, 9.17) is 0 Å². The van der Waals surface area contributed by atoms with E-state index in [-0.39, 0.29) is 5.91 Å². The predicted molar refractivity (Wildman–Crippen MR) is 49.7 cm³/mol. The third-order valence-corrected chi connectivity index (χ3v) is 2.20. The van der Waals surface area contributed by atoms with Gasteiger partial charge in [0.1, 0.15) is 0 Å². The quantitative estimate of drug-likeness (QED) is 0.688. The van der Waals surface area contributed by atoms with Crippen molar-refractivity contribution in [2.75, 3.05) is 20.1 Å². The van der Waals surface area contributed by atoms with E-state index in [0.29, 0.717) is 24.5 Å². The molecule has 2 rings (SSSR count). The SMILES string of the molecule is CCCN1NN(C)C2=C(CN=N2)C1=O. The van der Waals surface area contributed by atoms with E-state index in [1.54, 1.807) is 10.0 Å². The number of hydrogen-bond donors (Lipinski definition) is 1. The molecule has 6 heteroatoms. The summed E-state index contributed by atoms with van der Waals surface area (Å²) in [7, 11) is 1.83. The Hall–Kier alpha value is -1.43. The number of azo groups is 1. The summed E-state index contributed by atoms with van der Waals surface area (Å²) in [6, 6.07) is 0. The third-order valence-electron chi connectivity index (χ3n) is 2.20. The van der Waals surface area contributed by atoms with Gasteiger partial charge in [0.05, 0.1) is 12.1 Å². The van der Waals surface area contributed by atoms with Crippen molar-refractivity contribution in [2.24, 2.45) is 10.2 Å². The molecule has 0 spiro atoms. The molecule has 0 bridgehead atoms. The van der Waals surface area contributed by atoms with Gasteiger partial charge in [-0.15, -0.1) is 10.6 Å². The van der Waals surface area contributed by atoms with E-state index in [9.17, 15) is 4.79 Å². The minimum atomic E-state index is -0.00931. The first kappa shape index (κ1) is 9.14. The summed E-state index contributed by atoms with van der Waals surface area (Å²) >= 11 is 0. The van der Waals surface area contributed by atoms with E-state index < -0.39 is 0 Å². The topological polar surface area (TPSA) is 60.3 Å². The summed E-state index contributed by atoms with van der Waals surface area (Å²) in [5.74, 6) is 0.632. The van der Waals surface area contributed by atoms with Crippen LogP contribution in [-0.2, 0) is 4.79 Å². The molecule has 1 N–H and O–H groups in total. The van der Waals surface area contributed by atoms with Crippen LogP contribution in [0.1, 0.15) is 13.3 Å². The van der Waals surface area contributed by atoms with Crippen molar-refractivity contribution in [1.29, 1.82) is 0 Å². The fourth-order valence-electron chi connectivity index (χ4n) is 1.55. The van der Waals surface area contributed by atoms with Crippen LogP contribution in [0.25, 0.3) is 0 Å². The highest BCUT2D eigenvalue weighted by molar-refractivity contribution is 5.95. The fourth-order valence-corrected chi connectivity index (χ4v) is 1.55. The van der Waals surface area contributed by atoms with Crippen LogP contribution in [0.15, 0.2) is 21.6 Å². The number of rotatable bonds is 2. The second kappa shape index (κ2) is 3.38. The van der Waals surface area contributed by atoms with Gasteiger partial charge < -0.3 is 0 Å². The average Bonchev–Trinajstić information content (AvgIpc) is 2.63. The summed E-state index contributed by atoms with van der Waals surface area (Å²) in [4.78, 5) is 11.8. The number of hydrazine groups is 2. The zero-order valence-corrected chi connectivity index (χ0v) is 8.32. The molecule has 0 fully saturated rings. The highest BCUT2D eigenvalue weighted by Crippen LogP contribution is 2.22. The second-order valence-corrected chi connectivity index (χ2v) is 3.32. The smallest absolute Gasteiger partial charge is 0.271 e. The number of amides is 1. The lowest BCUT2D eigenvalue weighted by Crippen LogP contribution is -2.55. The number of hydrogen-bond acceptors (Lipinski definition) is 5. The molecule has 0 aliphatic carbocycles. The summed E-state index contributed by atoms with van der Waals surface area (Å²) < 4.78 is 0. The van der Waals surface area contributed by atoms with Crippen LogP contribution < -0.4 is 5.53 Å². The van der Waals surface area contributed by atoms with Gasteiger partial charge in [-0.1, -0.05) is 6.92 Å². The molecular weight excluding hydrogens is 182 g/mol. The van der Waals surface area contributed by atoms with Crippen molar-refractivity contribution in [1.82, 2.24) is 15.6 Å². The van der Waals surface area contributed by atoms with Gasteiger partial charge in [-0.05, 0) is 6.42 Å². The van der Waals surface area contributed by atoms with Crippen molar-refractivity contribution in [3.8, 4) is 0 Å². The molecule has 0 radical (unpaired) electrons. The summed E-state index contributed by atoms with van der Waals surface area (Å²) in [6.45, 7) is 3.13. The molecule has 2 aliphatic rings. The van der Waals surface area contributed by atoms with Crippen LogP contribution in [0.5, 0.6) is 0 Å². The monoisotopic (exact) mass is 195 g/mol. The van der Waals surface area contributed by atoms with E-state index in [1.165, 1.54) is 0 Å². The lowest BCUT2D eigenvalue weighted by atomic mass is 10.2. The van der Waals surface area contributed by atoms with Gasteiger partial charge in [-0.2, -0.15) is 5.11 Å². The Morgan fingerprint density at radius 3 is 3.07 bits per heavy atom. The van der Waals surface area contributed by atoms with E-state index >= 15 is 0 Å². The first-order valence-corrected chi connectivity index (χ1v) is 4.66. The number of nitrogens with one attached hydrogen (secondary N) is 1. The Labute approximate surface area is 82.2 Å². The first-order valence-electron chi connectivity index (χ1n) is 4.66. The molecule has 2 heterocycles. The molecule has 0 saturated carbocycles. The van der Waals surface area contributed by atoms with Gasteiger partial charge >= 0.3 is 0 Å². The summed E-state index contributed by atoms with van der Waals surface area (Å²) in [6.07, 6.45) is 0.920. The molecule has 2 aliphatic heterocycles. The van der Waals surface area contributed by atoms with E-state index in [0.717, 1.165) is 6.42 Å². The Kier molecular flexibility index (Phi) is 2.20. The molecule has 0 atom stereocenters. The molecule has 0 aromatic carbocycles. The van der Waals surface area contributed by atoms with Crippen molar-refractivity contribution >= 4 is 5.91 Å². The van der Waals surface area contributed by atoms with Gasteiger partial charge in [-0.3, -0.25) is 14.8 Å². The molecule has 0 aromatic heterocycles. The summed E-state index contributed by atoms with van der Waals surface area (Å²) in [5, 5.41) is 11.1. The van der Waals surface area contributed by atoms with Crippen LogP contribution in [0.4, 0.5) is 0 Å². The van der Waals surface area contributed by atoms with Gasteiger partial charge in [-0.25, -0.2) is 0 Å². The molecule has 1 amide bonds. The number of nitrogens with zero attached hydrogens (tertiary/aromatic N) is 4. The zero-order valence-electron chi connectivity index (χ0n) is 8.32. The second-order valence-electron chi connectivity index (χ2n) is 3.32. The molecule has 0 unspecified atom stereocenters. The van der Waals surface area contributed by atoms with Crippen LogP contribution in [-0.4, -0.2) is 36.1 Å². The molecule has 14 heavy (non-hydrogen) atoms. The van der Waals surface area contributed by atoms with Crippen molar-refractivity contribution in [3.05, 3.63) is 11.4 Å². The predicted octanol–water partition coefficient (Wildman–Crippen LogP) is 0.267. The Bertz CT molecular complexity index is 322. The average molecular weight is 195 g/mol. The minimum Gasteiger partial charge on any atom is -0.275 e. The van der Waals surface area contributed by atoms with Crippen molar-refractivity contribution in [3.63, 3.8) is 0 Å². The number of carbonyl (C=O) groups excluding carboxylic acids is 1. The minimum absolute atomic E-state index is 0.00931. The van der Waals surface area contributed by atoms with Gasteiger partial charge in [0.2, 0.25) is 0 Å². The van der Waals surface area contributed by atoms with Crippen LogP contribution in [0, 0.1) is 0 Å². The highest BCUT2D eigenvalue weighted by Gasteiger charge is 2.32. The standard InChI is InChI=1S/C8H13N5O/c1-3-4-13-8(14)6-5-9-10-7(6)12(2)11-13/h11H,3-5H2,1-2H3.